The number of halogens is 1. The van der Waals surface area contributed by atoms with Crippen molar-refractivity contribution < 1.29 is 8.42 Å². The predicted molar refractivity (Wildman–Crippen MR) is 81.6 cm³/mol. The van der Waals surface area contributed by atoms with E-state index in [2.05, 4.69) is 9.71 Å². The second-order valence-electron chi connectivity index (χ2n) is 3.85. The van der Waals surface area contributed by atoms with Gasteiger partial charge in [0.1, 0.15) is 10.0 Å². The van der Waals surface area contributed by atoms with Crippen LogP contribution in [-0.4, -0.2) is 25.7 Å². The van der Waals surface area contributed by atoms with Gasteiger partial charge in [0.2, 0.25) is 10.0 Å². The summed E-state index contributed by atoms with van der Waals surface area (Å²) in [5.41, 5.74) is 0. The van der Waals surface area contributed by atoms with E-state index < -0.39 is 10.0 Å². The van der Waals surface area contributed by atoms with Gasteiger partial charge in [-0.2, -0.15) is 0 Å². The first-order chi connectivity index (χ1) is 9.59. The summed E-state index contributed by atoms with van der Waals surface area (Å²) in [7, 11) is -3.60. The average Bonchev–Trinajstić information content (AvgIpc) is 2.45. The number of hydrogen-bond donors (Lipinski definition) is 1. The van der Waals surface area contributed by atoms with E-state index in [-0.39, 0.29) is 10.0 Å². The Bertz CT molecular complexity index is 663. The summed E-state index contributed by atoms with van der Waals surface area (Å²) >= 11 is 7.37. The van der Waals surface area contributed by atoms with E-state index >= 15 is 0 Å². The molecule has 106 valence electrons. The highest BCUT2D eigenvalue weighted by atomic mass is 35.5. The molecule has 1 aromatic heterocycles. The highest BCUT2D eigenvalue weighted by Crippen LogP contribution is 2.18. The Kier molecular flexibility index (Phi) is 5.42. The van der Waals surface area contributed by atoms with E-state index in [1.807, 2.05) is 30.3 Å². The van der Waals surface area contributed by atoms with Crippen molar-refractivity contribution in [3.63, 3.8) is 0 Å². The number of nitrogens with zero attached hydrogens (tertiary/aromatic N) is 1. The third-order valence-electron chi connectivity index (χ3n) is 2.42. The van der Waals surface area contributed by atoms with Crippen molar-refractivity contribution in [2.24, 2.45) is 0 Å². The summed E-state index contributed by atoms with van der Waals surface area (Å²) in [6.07, 6.45) is 1.45. The molecule has 2 rings (SSSR count). The third-order valence-corrected chi connectivity index (χ3v) is 5.34. The van der Waals surface area contributed by atoms with Gasteiger partial charge in [-0.15, -0.1) is 11.8 Å². The quantitative estimate of drug-likeness (QED) is 0.503. The minimum Gasteiger partial charge on any atom is -0.243 e. The van der Waals surface area contributed by atoms with E-state index in [9.17, 15) is 8.42 Å². The zero-order chi connectivity index (χ0) is 14.4. The van der Waals surface area contributed by atoms with Gasteiger partial charge < -0.3 is 0 Å². The number of benzene rings is 1. The summed E-state index contributed by atoms with van der Waals surface area (Å²) in [6.45, 7) is 0.327. The van der Waals surface area contributed by atoms with Crippen molar-refractivity contribution >= 4 is 33.4 Å². The van der Waals surface area contributed by atoms with E-state index in [1.165, 1.54) is 12.3 Å². The smallest absolute Gasteiger partial charge is 0.243 e. The van der Waals surface area contributed by atoms with Gasteiger partial charge in [0.15, 0.2) is 0 Å². The molecule has 4 nitrogen and oxygen atoms in total. The van der Waals surface area contributed by atoms with Crippen molar-refractivity contribution in [1.82, 2.24) is 9.71 Å². The van der Waals surface area contributed by atoms with Gasteiger partial charge in [0.05, 0.1) is 0 Å². The molecule has 0 bridgehead atoms. The summed E-state index contributed by atoms with van der Waals surface area (Å²) in [6, 6.07) is 12.8. The topological polar surface area (TPSA) is 59.1 Å². The van der Waals surface area contributed by atoms with Gasteiger partial charge in [-0.05, 0) is 24.3 Å². The molecule has 1 N–H and O–H groups in total. The fraction of sp³-hybridized carbons (Fsp3) is 0.154. The van der Waals surface area contributed by atoms with Crippen LogP contribution in [0.25, 0.3) is 0 Å². The number of hydrogen-bond acceptors (Lipinski definition) is 4. The molecule has 0 spiro atoms. The van der Waals surface area contributed by atoms with Crippen molar-refractivity contribution in [3.8, 4) is 0 Å². The van der Waals surface area contributed by atoms with Crippen LogP contribution in [0.4, 0.5) is 0 Å². The Morgan fingerprint density at radius 2 is 1.90 bits per heavy atom. The van der Waals surface area contributed by atoms with Crippen LogP contribution in [0.1, 0.15) is 0 Å². The minimum atomic E-state index is -3.60. The summed E-state index contributed by atoms with van der Waals surface area (Å²) in [4.78, 5) is 4.87. The summed E-state index contributed by atoms with van der Waals surface area (Å²) in [5, 5.41) is -0.0179. The lowest BCUT2D eigenvalue weighted by Crippen LogP contribution is -2.26. The van der Waals surface area contributed by atoms with Crippen molar-refractivity contribution in [2.75, 3.05) is 12.3 Å². The number of thioether (sulfide) groups is 1. The molecular weight excluding hydrogens is 316 g/mol. The van der Waals surface area contributed by atoms with Gasteiger partial charge in [0.25, 0.3) is 0 Å². The highest BCUT2D eigenvalue weighted by Gasteiger charge is 2.17. The van der Waals surface area contributed by atoms with Crippen LogP contribution < -0.4 is 4.72 Å². The van der Waals surface area contributed by atoms with E-state index in [0.29, 0.717) is 12.3 Å². The molecule has 2 aromatic rings. The molecule has 0 aliphatic heterocycles. The van der Waals surface area contributed by atoms with Crippen LogP contribution in [0.3, 0.4) is 0 Å². The van der Waals surface area contributed by atoms with E-state index in [1.54, 1.807) is 17.8 Å². The zero-order valence-electron chi connectivity index (χ0n) is 10.5. The largest absolute Gasteiger partial charge is 0.243 e. The Morgan fingerprint density at radius 3 is 2.60 bits per heavy atom. The zero-order valence-corrected chi connectivity index (χ0v) is 12.9. The molecule has 7 heteroatoms. The van der Waals surface area contributed by atoms with Crippen molar-refractivity contribution in [1.29, 1.82) is 0 Å². The number of pyridine rings is 1. The molecule has 0 amide bonds. The number of nitrogens with one attached hydrogen (secondary N) is 1. The van der Waals surface area contributed by atoms with Gasteiger partial charge in [-0.1, -0.05) is 29.8 Å². The average molecular weight is 329 g/mol. The fourth-order valence-corrected chi connectivity index (χ4v) is 3.91. The summed E-state index contributed by atoms with van der Waals surface area (Å²) < 4.78 is 26.6. The van der Waals surface area contributed by atoms with Crippen LogP contribution in [0.2, 0.25) is 5.15 Å². The van der Waals surface area contributed by atoms with E-state index in [0.717, 1.165) is 4.90 Å². The molecule has 0 saturated heterocycles. The third kappa shape index (κ3) is 4.21. The Morgan fingerprint density at radius 1 is 1.15 bits per heavy atom. The van der Waals surface area contributed by atoms with Crippen molar-refractivity contribution in [3.05, 3.63) is 53.8 Å². The van der Waals surface area contributed by atoms with Crippen LogP contribution in [0.15, 0.2) is 58.5 Å². The van der Waals surface area contributed by atoms with Crippen LogP contribution >= 0.6 is 23.4 Å². The van der Waals surface area contributed by atoms with Crippen molar-refractivity contribution in [2.45, 2.75) is 9.79 Å². The monoisotopic (exact) mass is 328 g/mol. The molecule has 1 heterocycles. The maximum atomic E-state index is 12.0. The lowest BCUT2D eigenvalue weighted by Gasteiger charge is -2.07. The predicted octanol–water partition coefficient (Wildman–Crippen LogP) is 2.81. The first kappa shape index (κ1) is 15.3. The molecule has 0 unspecified atom stereocenters. The molecule has 1 aromatic carbocycles. The maximum absolute atomic E-state index is 12.0. The number of sulfonamides is 1. The Hall–Kier alpha value is -1.08. The van der Waals surface area contributed by atoms with Gasteiger partial charge in [0, 0.05) is 23.4 Å². The van der Waals surface area contributed by atoms with Crippen LogP contribution in [-0.2, 0) is 10.0 Å². The van der Waals surface area contributed by atoms with Gasteiger partial charge >= 0.3 is 0 Å². The highest BCUT2D eigenvalue weighted by molar-refractivity contribution is 7.99. The normalized spacial score (nSPS) is 11.4. The molecule has 0 aliphatic carbocycles. The summed E-state index contributed by atoms with van der Waals surface area (Å²) in [5.74, 6) is 0.640. The second-order valence-corrected chi connectivity index (χ2v) is 7.11. The SMILES string of the molecule is O=S(=O)(NCCSc1ccccc1)c1cccnc1Cl. The molecular formula is C13H13ClN2O2S2. The first-order valence-corrected chi connectivity index (χ1v) is 8.72. The molecule has 0 saturated carbocycles. The molecule has 0 radical (unpaired) electrons. The lowest BCUT2D eigenvalue weighted by molar-refractivity contribution is 0.584. The standard InChI is InChI=1S/C13H13ClN2O2S2/c14-13-12(7-4-8-15-13)20(17,18)16-9-10-19-11-5-2-1-3-6-11/h1-8,16H,9-10H2. The van der Waals surface area contributed by atoms with Crippen LogP contribution in [0.5, 0.6) is 0 Å². The molecule has 20 heavy (non-hydrogen) atoms. The van der Waals surface area contributed by atoms with Gasteiger partial charge in [-0.3, -0.25) is 0 Å². The lowest BCUT2D eigenvalue weighted by atomic mass is 10.4. The molecule has 0 fully saturated rings. The number of rotatable bonds is 6. The Balaban J connectivity index is 1.89. The number of aromatic nitrogens is 1. The maximum Gasteiger partial charge on any atom is 0.243 e. The Labute approximate surface area is 127 Å². The molecule has 0 atom stereocenters. The minimum absolute atomic E-state index is 0.00591. The fourth-order valence-electron chi connectivity index (χ4n) is 1.51. The molecule has 0 aliphatic rings. The van der Waals surface area contributed by atoms with Gasteiger partial charge in [-0.25, -0.2) is 18.1 Å². The first-order valence-electron chi connectivity index (χ1n) is 5.87. The van der Waals surface area contributed by atoms with Crippen LogP contribution in [0, 0.1) is 0 Å². The van der Waals surface area contributed by atoms with E-state index in [4.69, 9.17) is 11.6 Å². The second kappa shape index (κ2) is 7.08.